The van der Waals surface area contributed by atoms with Crippen LogP contribution in [-0.4, -0.2) is 50.5 Å². The number of aryl methyl sites for hydroxylation is 2. The van der Waals surface area contributed by atoms with Crippen LogP contribution in [0.15, 0.2) is 73.3 Å². The summed E-state index contributed by atoms with van der Waals surface area (Å²) in [4.78, 5) is 0. The van der Waals surface area contributed by atoms with Gasteiger partial charge in [-0.05, 0) is 67.1 Å². The van der Waals surface area contributed by atoms with E-state index in [-0.39, 0.29) is 7.69 Å². The number of benzene rings is 3. The van der Waals surface area contributed by atoms with Crippen LogP contribution in [0.3, 0.4) is 0 Å². The minimum atomic E-state index is -1.53. The lowest BCUT2D eigenvalue weighted by atomic mass is 9.77. The van der Waals surface area contributed by atoms with E-state index < -0.39 is 7.12 Å². The van der Waals surface area contributed by atoms with Gasteiger partial charge in [-0.15, -0.1) is 0 Å². The molecule has 2 aromatic heterocycles. The van der Waals surface area contributed by atoms with E-state index in [2.05, 4.69) is 74.4 Å². The lowest BCUT2D eigenvalue weighted by molar-refractivity contribution is -0.667. The van der Waals surface area contributed by atoms with Gasteiger partial charge in [-0.1, -0.05) is 120 Å². The highest BCUT2D eigenvalue weighted by Crippen LogP contribution is 2.24. The molecule has 3 aromatic carbocycles. The third-order valence-corrected chi connectivity index (χ3v) is 11.8. The molecule has 0 aliphatic rings. The van der Waals surface area contributed by atoms with Crippen molar-refractivity contribution in [1.29, 1.82) is 0 Å². The maximum atomic E-state index is 10.2. The second kappa shape index (κ2) is 24.8. The Bertz CT molecular complexity index is 1890. The summed E-state index contributed by atoms with van der Waals surface area (Å²) in [6, 6.07) is 20.2. The van der Waals surface area contributed by atoms with Crippen molar-refractivity contribution < 1.29 is 28.9 Å². The lowest BCUT2D eigenvalue weighted by Gasteiger charge is -2.08. The second-order valence-electron chi connectivity index (χ2n) is 15.5. The molecule has 0 saturated heterocycles. The van der Waals surface area contributed by atoms with Gasteiger partial charge in [-0.2, -0.15) is 25.3 Å². The van der Waals surface area contributed by atoms with Gasteiger partial charge in [-0.3, -0.25) is 0 Å². The third kappa shape index (κ3) is 13.3. The number of nitrogens with zero attached hydrogens (tertiary/aromatic N) is 4. The van der Waals surface area contributed by atoms with Gasteiger partial charge in [0.1, 0.15) is 18.8 Å². The summed E-state index contributed by atoms with van der Waals surface area (Å²) in [5.74, 6) is 2.68. The molecule has 0 spiro atoms. The Kier molecular flexibility index (Phi) is 19.6. The number of fused-ring (bicyclic) bond motifs is 2. The molecule has 0 unspecified atom stereocenters. The van der Waals surface area contributed by atoms with E-state index in [1.807, 2.05) is 36.4 Å². The number of para-hydroxylation sites is 1. The Balaban J connectivity index is 1.41. The van der Waals surface area contributed by atoms with Crippen molar-refractivity contribution in [3.05, 3.63) is 84.4 Å². The summed E-state index contributed by atoms with van der Waals surface area (Å²) in [5.41, 5.74) is 7.07. The van der Waals surface area contributed by atoms with Gasteiger partial charge >= 0.3 is 14.8 Å². The number of aromatic nitrogens is 4. The van der Waals surface area contributed by atoms with Crippen molar-refractivity contribution in [2.75, 3.05) is 11.5 Å². The Morgan fingerprint density at radius 2 is 0.982 bits per heavy atom. The fraction of sp³-hybridized carbons (Fsp3) is 0.545. The normalized spacial score (nSPS) is 11.6. The number of imidazole rings is 2. The minimum absolute atomic E-state index is 0.367. The monoisotopic (exact) mass is 800 g/mol. The summed E-state index contributed by atoms with van der Waals surface area (Å²) in [6.07, 6.45) is 27.3. The van der Waals surface area contributed by atoms with Crippen LogP contribution >= 0.6 is 25.3 Å². The molecule has 3 N–H and O–H groups in total. The highest BCUT2D eigenvalue weighted by atomic mass is 32.1. The van der Waals surface area contributed by atoms with E-state index in [0.29, 0.717) is 24.3 Å². The van der Waals surface area contributed by atoms with Gasteiger partial charge in [0, 0.05) is 17.7 Å². The topological polar surface area (TPSA) is 87.5 Å². The van der Waals surface area contributed by atoms with E-state index in [1.165, 1.54) is 114 Å². The summed E-state index contributed by atoms with van der Waals surface area (Å²) in [5, 5.41) is 30.0. The predicted molar refractivity (Wildman–Crippen MR) is 240 cm³/mol. The molecule has 0 atom stereocenters. The number of unbranched alkanes of at least 4 members (excludes halogenated alkanes) is 16. The van der Waals surface area contributed by atoms with Crippen molar-refractivity contribution in [2.45, 2.75) is 142 Å². The quantitative estimate of drug-likeness (QED) is 0.0151. The summed E-state index contributed by atoms with van der Waals surface area (Å²) in [7, 11) is -1.90. The van der Waals surface area contributed by atoms with Gasteiger partial charge in [-0.25, -0.2) is 18.3 Å². The second-order valence-corrected chi connectivity index (χ2v) is 16.4. The van der Waals surface area contributed by atoms with Crippen molar-refractivity contribution in [3.63, 3.8) is 0 Å². The highest BCUT2D eigenvalue weighted by molar-refractivity contribution is 7.80. The first-order valence-corrected chi connectivity index (χ1v) is 22.7. The van der Waals surface area contributed by atoms with E-state index in [4.69, 9.17) is 4.65 Å². The fourth-order valence-corrected chi connectivity index (χ4v) is 8.52. The Labute approximate surface area is 347 Å². The molecule has 8 nitrogen and oxygen atoms in total. The maximum Gasteiger partial charge on any atom is 0.504 e. The first-order valence-electron chi connectivity index (χ1n) is 21.5. The zero-order valence-corrected chi connectivity index (χ0v) is 35.4. The van der Waals surface area contributed by atoms with Gasteiger partial charge in [0.2, 0.25) is 12.7 Å². The zero-order valence-electron chi connectivity index (χ0n) is 33.6. The minimum Gasteiger partial charge on any atom is -0.538 e. The van der Waals surface area contributed by atoms with Gasteiger partial charge < -0.3 is 19.7 Å². The predicted octanol–water partition coefficient (Wildman–Crippen LogP) is 7.47. The molecule has 0 radical (unpaired) electrons. The molecule has 0 saturated carbocycles. The van der Waals surface area contributed by atoms with Crippen molar-refractivity contribution >= 4 is 67.6 Å². The van der Waals surface area contributed by atoms with Crippen LogP contribution in [0, 0.1) is 0 Å². The zero-order chi connectivity index (χ0) is 39.4. The smallest absolute Gasteiger partial charge is 0.504 e. The van der Waals surface area contributed by atoms with Gasteiger partial charge in [0.05, 0.1) is 13.1 Å². The van der Waals surface area contributed by atoms with Crippen LogP contribution in [0.5, 0.6) is 5.75 Å². The lowest BCUT2D eigenvalue weighted by Crippen LogP contribution is -2.40. The average Bonchev–Trinajstić information content (AvgIpc) is 3.72. The summed E-state index contributed by atoms with van der Waals surface area (Å²) >= 11 is 8.69. The maximum absolute atomic E-state index is 10.2. The molecule has 2 heterocycles. The fourth-order valence-electron chi connectivity index (χ4n) is 8.07. The summed E-state index contributed by atoms with van der Waals surface area (Å²) < 4.78 is 15.0. The first-order chi connectivity index (χ1) is 27.5. The number of hydrogen-bond acceptors (Lipinski definition) is 6. The third-order valence-electron chi connectivity index (χ3n) is 11.2. The summed E-state index contributed by atoms with van der Waals surface area (Å²) in [6.45, 7) is 3.01. The Morgan fingerprint density at radius 1 is 0.554 bits per heavy atom. The molecular formula is C44H66B2N4O4S2+2. The molecule has 0 aliphatic heterocycles. The van der Waals surface area contributed by atoms with Crippen molar-refractivity contribution in [1.82, 2.24) is 9.13 Å². The van der Waals surface area contributed by atoms with E-state index >= 15 is 0 Å². The molecular weight excluding hydrogens is 734 g/mol. The van der Waals surface area contributed by atoms with Gasteiger partial charge in [0.25, 0.3) is 0 Å². The Hall–Kier alpha value is -2.89. The van der Waals surface area contributed by atoms with Gasteiger partial charge in [0.15, 0.2) is 22.1 Å². The number of thiol groups is 2. The van der Waals surface area contributed by atoms with E-state index in [9.17, 15) is 15.1 Å². The molecule has 302 valence electrons. The molecule has 0 aliphatic carbocycles. The molecule has 0 fully saturated rings. The van der Waals surface area contributed by atoms with Crippen molar-refractivity contribution in [2.24, 2.45) is 0 Å². The van der Waals surface area contributed by atoms with Crippen LogP contribution in [-0.2, 0) is 26.2 Å². The number of hydrogen-bond donors (Lipinski definition) is 5. The van der Waals surface area contributed by atoms with Crippen LogP contribution < -0.4 is 19.3 Å². The Morgan fingerprint density at radius 3 is 1.46 bits per heavy atom. The van der Waals surface area contributed by atoms with Crippen LogP contribution in [0.1, 0.15) is 127 Å². The molecule has 0 amide bonds. The molecule has 5 rings (SSSR count). The molecule has 56 heavy (non-hydrogen) atoms. The first kappa shape index (κ1) is 44.2. The van der Waals surface area contributed by atoms with E-state index in [0.717, 1.165) is 59.6 Å². The highest BCUT2D eigenvalue weighted by Gasteiger charge is 2.26. The largest absolute Gasteiger partial charge is 0.538 e. The standard InChI is InChI=1S/C44H64B2N4O4S2/c51-45-54-44-26-18-16-24-38(44)34-50-36-48(28-20-12-8-4-2-6-10-14-22-30-56)41-31-40-42(32-43(41)50)49(33-37-23-15-17-25-39(37)46(52)53)35-47(40)27-19-11-7-3-1-5-9-13-21-29-55/h15-18,23-26,31-32,35-36,45,51-53H,1-14,19-22,27-30,33-34H2/p+2. The van der Waals surface area contributed by atoms with E-state index in [1.54, 1.807) is 6.07 Å². The number of rotatable bonds is 29. The SMILES string of the molecule is OBOc1ccccc1C[n+]1cn(CCCCCCCCCCCS)c2cc3c(cc21)[n+](Cc1ccccc1B(O)O)cn3CCCCCCCCCCCS. The molecule has 12 heteroatoms. The van der Waals surface area contributed by atoms with Crippen LogP contribution in [0.2, 0.25) is 0 Å². The van der Waals surface area contributed by atoms with Crippen LogP contribution in [0.25, 0.3) is 22.1 Å². The molecule has 5 aromatic rings. The average molecular weight is 801 g/mol. The van der Waals surface area contributed by atoms with Crippen LogP contribution in [0.4, 0.5) is 0 Å². The van der Waals surface area contributed by atoms with Crippen molar-refractivity contribution in [3.8, 4) is 5.75 Å². The molecule has 0 bridgehead atoms.